The summed E-state index contributed by atoms with van der Waals surface area (Å²) >= 11 is 1.67. The average Bonchev–Trinajstić information content (AvgIpc) is 2.42. The van der Waals surface area contributed by atoms with Crippen LogP contribution in [0.2, 0.25) is 0 Å². The number of amides is 2. The molecule has 116 valence electrons. The van der Waals surface area contributed by atoms with Crippen LogP contribution < -0.4 is 10.6 Å². The first kappa shape index (κ1) is 17.6. The molecule has 4 nitrogen and oxygen atoms in total. The minimum atomic E-state index is -0.0995. The van der Waals surface area contributed by atoms with Crippen LogP contribution in [0.25, 0.3) is 0 Å². The largest absolute Gasteiger partial charge is 0.354 e. The Hall–Kier alpha value is -1.49. The van der Waals surface area contributed by atoms with Gasteiger partial charge in [0.2, 0.25) is 5.91 Å². The van der Waals surface area contributed by atoms with E-state index < -0.39 is 0 Å². The van der Waals surface area contributed by atoms with E-state index in [2.05, 4.69) is 24.5 Å². The first-order valence-corrected chi connectivity index (χ1v) is 8.11. The minimum Gasteiger partial charge on any atom is -0.354 e. The summed E-state index contributed by atoms with van der Waals surface area (Å²) in [5.41, 5.74) is 0.686. The van der Waals surface area contributed by atoms with Gasteiger partial charge in [-0.15, -0.1) is 11.8 Å². The molecule has 0 heterocycles. The highest BCUT2D eigenvalue weighted by Crippen LogP contribution is 2.26. The topological polar surface area (TPSA) is 58.2 Å². The van der Waals surface area contributed by atoms with Crippen LogP contribution in [0.5, 0.6) is 0 Å². The maximum atomic E-state index is 12.2. The number of rotatable bonds is 7. The van der Waals surface area contributed by atoms with Gasteiger partial charge in [-0.25, -0.2) is 0 Å². The number of benzene rings is 1. The number of nitrogens with one attached hydrogen (secondary N) is 2. The summed E-state index contributed by atoms with van der Waals surface area (Å²) in [5, 5.41) is 6.04. The van der Waals surface area contributed by atoms with Gasteiger partial charge in [-0.1, -0.05) is 39.8 Å². The van der Waals surface area contributed by atoms with Crippen molar-refractivity contribution in [3.63, 3.8) is 0 Å². The van der Waals surface area contributed by atoms with E-state index in [1.165, 1.54) is 0 Å². The first-order chi connectivity index (χ1) is 9.91. The Labute approximate surface area is 131 Å². The highest BCUT2D eigenvalue weighted by atomic mass is 32.2. The summed E-state index contributed by atoms with van der Waals surface area (Å²) in [5.74, 6) is -0.138. The standard InChI is InChI=1S/C16H24N2O2S/c1-11(2)15(19)17-9-10-18-16(20)13-7-5-6-8-14(13)21-12(3)4/h5-8,11-12H,9-10H2,1-4H3,(H,17,19)(H,18,20). The average molecular weight is 308 g/mol. The fourth-order valence-corrected chi connectivity index (χ4v) is 2.62. The molecule has 2 amide bonds. The quantitative estimate of drug-likeness (QED) is 0.601. The van der Waals surface area contributed by atoms with Gasteiger partial charge in [0.15, 0.2) is 0 Å². The lowest BCUT2D eigenvalue weighted by Crippen LogP contribution is -2.36. The van der Waals surface area contributed by atoms with Gasteiger partial charge >= 0.3 is 0 Å². The zero-order valence-corrected chi connectivity index (χ0v) is 13.9. The maximum absolute atomic E-state index is 12.2. The van der Waals surface area contributed by atoms with Crippen LogP contribution in [0.1, 0.15) is 38.1 Å². The van der Waals surface area contributed by atoms with Gasteiger partial charge in [0.05, 0.1) is 5.56 Å². The fraction of sp³-hybridized carbons (Fsp3) is 0.500. The summed E-state index contributed by atoms with van der Waals surface area (Å²) in [6.45, 7) is 8.75. The van der Waals surface area contributed by atoms with Crippen LogP contribution in [0.3, 0.4) is 0 Å². The van der Waals surface area contributed by atoms with Gasteiger partial charge in [-0.3, -0.25) is 9.59 Å². The molecule has 0 aromatic heterocycles. The van der Waals surface area contributed by atoms with E-state index in [-0.39, 0.29) is 17.7 Å². The summed E-state index contributed by atoms with van der Waals surface area (Å²) in [4.78, 5) is 24.6. The zero-order chi connectivity index (χ0) is 15.8. The van der Waals surface area contributed by atoms with E-state index >= 15 is 0 Å². The molecule has 0 radical (unpaired) electrons. The normalized spacial score (nSPS) is 10.8. The Morgan fingerprint density at radius 2 is 1.67 bits per heavy atom. The smallest absolute Gasteiger partial charge is 0.252 e. The van der Waals surface area contributed by atoms with E-state index in [1.807, 2.05) is 38.1 Å². The number of hydrogen-bond acceptors (Lipinski definition) is 3. The third-order valence-electron chi connectivity index (χ3n) is 2.73. The second-order valence-electron chi connectivity index (χ2n) is 5.36. The van der Waals surface area contributed by atoms with Gasteiger partial charge in [-0.2, -0.15) is 0 Å². The molecule has 21 heavy (non-hydrogen) atoms. The molecule has 0 aliphatic carbocycles. The lowest BCUT2D eigenvalue weighted by Gasteiger charge is -2.12. The van der Waals surface area contributed by atoms with E-state index in [9.17, 15) is 9.59 Å². The number of carbonyl (C=O) groups excluding carboxylic acids is 2. The summed E-state index contributed by atoms with van der Waals surface area (Å²) < 4.78 is 0. The Morgan fingerprint density at radius 3 is 2.29 bits per heavy atom. The predicted molar refractivity (Wildman–Crippen MR) is 87.6 cm³/mol. The van der Waals surface area contributed by atoms with Crippen molar-refractivity contribution < 1.29 is 9.59 Å². The van der Waals surface area contributed by atoms with E-state index in [4.69, 9.17) is 0 Å². The minimum absolute atomic E-state index is 0.0000115. The molecule has 0 fully saturated rings. The maximum Gasteiger partial charge on any atom is 0.252 e. The van der Waals surface area contributed by atoms with Crippen LogP contribution in [-0.2, 0) is 4.79 Å². The molecule has 0 bridgehead atoms. The van der Waals surface area contributed by atoms with Gasteiger partial charge in [0, 0.05) is 29.2 Å². The van der Waals surface area contributed by atoms with Crippen LogP contribution >= 0.6 is 11.8 Å². The Kier molecular flexibility index (Phi) is 7.29. The fourth-order valence-electron chi connectivity index (χ4n) is 1.67. The molecule has 0 atom stereocenters. The molecule has 1 aromatic carbocycles. The molecule has 0 spiro atoms. The summed E-state index contributed by atoms with van der Waals surface area (Å²) in [6.07, 6.45) is 0. The third-order valence-corrected chi connectivity index (χ3v) is 3.81. The molecule has 0 saturated carbocycles. The van der Waals surface area contributed by atoms with Crippen molar-refractivity contribution in [1.29, 1.82) is 0 Å². The third kappa shape index (κ3) is 6.21. The SMILES string of the molecule is CC(C)Sc1ccccc1C(=O)NCCNC(=O)C(C)C. The summed E-state index contributed by atoms with van der Waals surface area (Å²) in [7, 11) is 0. The molecule has 0 aliphatic heterocycles. The molecular formula is C16H24N2O2S. The number of hydrogen-bond donors (Lipinski definition) is 2. The van der Waals surface area contributed by atoms with Crippen molar-refractivity contribution in [1.82, 2.24) is 10.6 Å². The van der Waals surface area contributed by atoms with Gasteiger partial charge in [-0.05, 0) is 12.1 Å². The Morgan fingerprint density at radius 1 is 1.05 bits per heavy atom. The molecule has 5 heteroatoms. The van der Waals surface area contributed by atoms with Crippen molar-refractivity contribution in [2.24, 2.45) is 5.92 Å². The van der Waals surface area contributed by atoms with Crippen molar-refractivity contribution in [3.8, 4) is 0 Å². The van der Waals surface area contributed by atoms with Gasteiger partial charge in [0.1, 0.15) is 0 Å². The van der Waals surface area contributed by atoms with E-state index in [0.29, 0.717) is 23.9 Å². The molecule has 1 aromatic rings. The Balaban J connectivity index is 2.51. The molecule has 0 saturated heterocycles. The van der Waals surface area contributed by atoms with Crippen LogP contribution in [0, 0.1) is 5.92 Å². The molecule has 0 aliphatic rings. The van der Waals surface area contributed by atoms with Crippen LogP contribution in [0.15, 0.2) is 29.2 Å². The molecule has 1 rings (SSSR count). The zero-order valence-electron chi connectivity index (χ0n) is 13.1. The number of carbonyl (C=O) groups is 2. The lowest BCUT2D eigenvalue weighted by atomic mass is 10.2. The van der Waals surface area contributed by atoms with Crippen LogP contribution in [-0.4, -0.2) is 30.2 Å². The predicted octanol–water partition coefficient (Wildman–Crippen LogP) is 2.69. The Bertz CT molecular complexity index is 487. The van der Waals surface area contributed by atoms with Crippen molar-refractivity contribution in [3.05, 3.63) is 29.8 Å². The van der Waals surface area contributed by atoms with Gasteiger partial charge < -0.3 is 10.6 Å². The second-order valence-corrected chi connectivity index (χ2v) is 6.98. The highest BCUT2D eigenvalue weighted by molar-refractivity contribution is 8.00. The van der Waals surface area contributed by atoms with E-state index in [0.717, 1.165) is 4.90 Å². The van der Waals surface area contributed by atoms with Crippen molar-refractivity contribution in [2.45, 2.75) is 37.8 Å². The first-order valence-electron chi connectivity index (χ1n) is 7.23. The second kappa shape index (κ2) is 8.72. The number of thioether (sulfide) groups is 1. The van der Waals surface area contributed by atoms with E-state index in [1.54, 1.807) is 11.8 Å². The summed E-state index contributed by atoms with van der Waals surface area (Å²) in [6, 6.07) is 7.58. The van der Waals surface area contributed by atoms with Crippen molar-refractivity contribution in [2.75, 3.05) is 13.1 Å². The molecule has 2 N–H and O–H groups in total. The highest BCUT2D eigenvalue weighted by Gasteiger charge is 2.12. The van der Waals surface area contributed by atoms with Crippen LogP contribution in [0.4, 0.5) is 0 Å². The molecular weight excluding hydrogens is 284 g/mol. The molecule has 0 unspecified atom stereocenters. The monoisotopic (exact) mass is 308 g/mol. The van der Waals surface area contributed by atoms with Gasteiger partial charge in [0.25, 0.3) is 5.91 Å². The van der Waals surface area contributed by atoms with Crippen molar-refractivity contribution >= 4 is 23.6 Å². The lowest BCUT2D eigenvalue weighted by molar-refractivity contribution is -0.123.